The van der Waals surface area contributed by atoms with Gasteiger partial charge in [-0.3, -0.25) is 4.79 Å². The molecular formula is C15H10N2O3. The Hall–Kier alpha value is -2.95. The van der Waals surface area contributed by atoms with Crippen LogP contribution in [0.5, 0.6) is 0 Å². The summed E-state index contributed by atoms with van der Waals surface area (Å²) >= 11 is 0. The molecule has 0 aliphatic carbocycles. The summed E-state index contributed by atoms with van der Waals surface area (Å²) in [6.45, 7) is 0. The zero-order valence-corrected chi connectivity index (χ0v) is 10.3. The number of carboxylic acid groups (broad SMARTS) is 1. The van der Waals surface area contributed by atoms with Gasteiger partial charge in [0.1, 0.15) is 0 Å². The average molecular weight is 266 g/mol. The summed E-state index contributed by atoms with van der Waals surface area (Å²) in [6, 6.07) is 13.6. The third-order valence-electron chi connectivity index (χ3n) is 3.08. The van der Waals surface area contributed by atoms with Crippen LogP contribution in [0.2, 0.25) is 0 Å². The number of aromatic carboxylic acids is 1. The maximum absolute atomic E-state index is 11.7. The van der Waals surface area contributed by atoms with Crippen molar-refractivity contribution in [2.24, 2.45) is 0 Å². The van der Waals surface area contributed by atoms with E-state index in [9.17, 15) is 9.59 Å². The third-order valence-corrected chi connectivity index (χ3v) is 3.08. The molecule has 0 aliphatic rings. The Kier molecular flexibility index (Phi) is 2.80. The van der Waals surface area contributed by atoms with E-state index < -0.39 is 5.97 Å². The molecule has 2 aromatic carbocycles. The molecule has 0 atom stereocenters. The van der Waals surface area contributed by atoms with Crippen molar-refractivity contribution in [1.29, 1.82) is 0 Å². The van der Waals surface area contributed by atoms with Crippen LogP contribution >= 0.6 is 0 Å². The molecule has 0 fully saturated rings. The molecule has 0 aliphatic heterocycles. The number of nitrogens with zero attached hydrogens (tertiary/aromatic N) is 1. The zero-order valence-electron chi connectivity index (χ0n) is 10.3. The van der Waals surface area contributed by atoms with Crippen LogP contribution in [0.1, 0.15) is 10.4 Å². The largest absolute Gasteiger partial charge is 0.478 e. The van der Waals surface area contributed by atoms with Crippen molar-refractivity contribution < 1.29 is 9.90 Å². The van der Waals surface area contributed by atoms with Gasteiger partial charge in [0, 0.05) is 10.9 Å². The average Bonchev–Trinajstić information content (AvgIpc) is 2.48. The highest BCUT2D eigenvalue weighted by Crippen LogP contribution is 2.24. The first-order valence-electron chi connectivity index (χ1n) is 5.98. The van der Waals surface area contributed by atoms with Crippen LogP contribution in [-0.2, 0) is 0 Å². The molecule has 0 saturated carbocycles. The Morgan fingerprint density at radius 1 is 1.05 bits per heavy atom. The standard InChI is InChI=1S/C15H10N2O3/c18-14-12-7-2-1-6-11(12)13(16-17-14)9-4-3-5-10(8-9)15(19)20/h1-8H,(H,17,18)(H,19,20). The lowest BCUT2D eigenvalue weighted by atomic mass is 10.0. The van der Waals surface area contributed by atoms with Gasteiger partial charge in [-0.05, 0) is 18.2 Å². The van der Waals surface area contributed by atoms with Crippen molar-refractivity contribution >= 4 is 16.7 Å². The van der Waals surface area contributed by atoms with Gasteiger partial charge in [-0.1, -0.05) is 30.3 Å². The summed E-state index contributed by atoms with van der Waals surface area (Å²) in [5, 5.41) is 16.7. The number of carbonyl (C=O) groups is 1. The number of hydrogen-bond acceptors (Lipinski definition) is 3. The van der Waals surface area contributed by atoms with E-state index in [4.69, 9.17) is 5.11 Å². The van der Waals surface area contributed by atoms with Crippen molar-refractivity contribution in [2.75, 3.05) is 0 Å². The molecule has 2 N–H and O–H groups in total. The number of benzene rings is 2. The molecule has 3 rings (SSSR count). The SMILES string of the molecule is O=C(O)c1cccc(-c2n[nH]c(=O)c3ccccc23)c1. The Bertz CT molecular complexity index is 868. The first-order chi connectivity index (χ1) is 9.66. The lowest BCUT2D eigenvalue weighted by Gasteiger charge is -2.05. The first kappa shape index (κ1) is 12.1. The molecule has 20 heavy (non-hydrogen) atoms. The number of aromatic amines is 1. The van der Waals surface area contributed by atoms with Gasteiger partial charge in [0.25, 0.3) is 5.56 Å². The second-order valence-corrected chi connectivity index (χ2v) is 4.33. The highest BCUT2D eigenvalue weighted by molar-refractivity contribution is 5.95. The maximum Gasteiger partial charge on any atom is 0.335 e. The predicted octanol–water partition coefficient (Wildman–Crippen LogP) is 2.29. The number of nitrogens with one attached hydrogen (secondary N) is 1. The molecule has 5 heteroatoms. The van der Waals surface area contributed by atoms with Gasteiger partial charge < -0.3 is 5.11 Å². The van der Waals surface area contributed by atoms with Crippen LogP contribution in [0.4, 0.5) is 0 Å². The monoisotopic (exact) mass is 266 g/mol. The van der Waals surface area contributed by atoms with E-state index in [1.54, 1.807) is 30.3 Å². The van der Waals surface area contributed by atoms with Crippen molar-refractivity contribution in [2.45, 2.75) is 0 Å². The highest BCUT2D eigenvalue weighted by Gasteiger charge is 2.10. The minimum absolute atomic E-state index is 0.180. The molecule has 0 unspecified atom stereocenters. The van der Waals surface area contributed by atoms with Crippen molar-refractivity contribution in [1.82, 2.24) is 10.2 Å². The number of H-pyrrole nitrogens is 1. The van der Waals surface area contributed by atoms with Crippen LogP contribution in [0, 0.1) is 0 Å². The number of carboxylic acids is 1. The number of aromatic nitrogens is 2. The lowest BCUT2D eigenvalue weighted by molar-refractivity contribution is 0.0697. The summed E-state index contributed by atoms with van der Waals surface area (Å²) < 4.78 is 0. The maximum atomic E-state index is 11.7. The molecular weight excluding hydrogens is 256 g/mol. The van der Waals surface area contributed by atoms with Crippen molar-refractivity contribution in [3.63, 3.8) is 0 Å². The van der Waals surface area contributed by atoms with Crippen LogP contribution in [0.3, 0.4) is 0 Å². The summed E-state index contributed by atoms with van der Waals surface area (Å²) in [5.74, 6) is -0.999. The van der Waals surface area contributed by atoms with E-state index >= 15 is 0 Å². The Balaban J connectivity index is 2.30. The predicted molar refractivity (Wildman–Crippen MR) is 74.8 cm³/mol. The van der Waals surface area contributed by atoms with Crippen molar-refractivity contribution in [3.05, 3.63) is 64.4 Å². The third kappa shape index (κ3) is 1.95. The van der Waals surface area contributed by atoms with Gasteiger partial charge in [0.15, 0.2) is 0 Å². The topological polar surface area (TPSA) is 83.0 Å². The Morgan fingerprint density at radius 2 is 1.80 bits per heavy atom. The molecule has 1 aromatic heterocycles. The minimum atomic E-state index is -0.999. The van der Waals surface area contributed by atoms with Crippen LogP contribution in [0.15, 0.2) is 53.3 Å². The molecule has 1 heterocycles. The molecule has 0 radical (unpaired) electrons. The fraction of sp³-hybridized carbons (Fsp3) is 0. The van der Waals surface area contributed by atoms with E-state index in [0.717, 1.165) is 0 Å². The van der Waals surface area contributed by atoms with Crippen LogP contribution in [-0.4, -0.2) is 21.3 Å². The van der Waals surface area contributed by atoms with Crippen molar-refractivity contribution in [3.8, 4) is 11.3 Å². The van der Waals surface area contributed by atoms with Gasteiger partial charge in [-0.2, -0.15) is 5.10 Å². The quantitative estimate of drug-likeness (QED) is 0.745. The van der Waals surface area contributed by atoms with Gasteiger partial charge in [0.05, 0.1) is 16.6 Å². The molecule has 0 amide bonds. The van der Waals surface area contributed by atoms with Crippen LogP contribution in [0.25, 0.3) is 22.0 Å². The molecule has 0 saturated heterocycles. The van der Waals surface area contributed by atoms with E-state index in [0.29, 0.717) is 22.0 Å². The Labute approximate surface area is 113 Å². The second-order valence-electron chi connectivity index (χ2n) is 4.33. The zero-order chi connectivity index (χ0) is 14.1. The second kappa shape index (κ2) is 4.62. The number of hydrogen-bond donors (Lipinski definition) is 2. The molecule has 5 nitrogen and oxygen atoms in total. The summed E-state index contributed by atoms with van der Waals surface area (Å²) in [6.07, 6.45) is 0. The van der Waals surface area contributed by atoms with E-state index in [1.807, 2.05) is 6.07 Å². The van der Waals surface area contributed by atoms with Crippen LogP contribution < -0.4 is 5.56 Å². The molecule has 0 spiro atoms. The Morgan fingerprint density at radius 3 is 2.55 bits per heavy atom. The fourth-order valence-electron chi connectivity index (χ4n) is 2.13. The lowest BCUT2D eigenvalue weighted by Crippen LogP contribution is -2.09. The minimum Gasteiger partial charge on any atom is -0.478 e. The van der Waals surface area contributed by atoms with E-state index in [-0.39, 0.29) is 11.1 Å². The summed E-state index contributed by atoms with van der Waals surface area (Å²) in [7, 11) is 0. The molecule has 3 aromatic rings. The first-order valence-corrected chi connectivity index (χ1v) is 5.98. The highest BCUT2D eigenvalue weighted by atomic mass is 16.4. The number of fused-ring (bicyclic) bond motifs is 1. The van der Waals surface area contributed by atoms with Gasteiger partial charge in [-0.25, -0.2) is 9.89 Å². The van der Waals surface area contributed by atoms with Gasteiger partial charge in [-0.15, -0.1) is 0 Å². The van der Waals surface area contributed by atoms with Gasteiger partial charge in [0.2, 0.25) is 0 Å². The molecule has 0 bridgehead atoms. The summed E-state index contributed by atoms with van der Waals surface area (Å²) in [5.41, 5.74) is 1.12. The van der Waals surface area contributed by atoms with Gasteiger partial charge >= 0.3 is 5.97 Å². The number of rotatable bonds is 2. The van der Waals surface area contributed by atoms with E-state index in [1.165, 1.54) is 12.1 Å². The van der Waals surface area contributed by atoms with E-state index in [2.05, 4.69) is 10.2 Å². The molecule has 98 valence electrons. The summed E-state index contributed by atoms with van der Waals surface area (Å²) in [4.78, 5) is 22.7. The smallest absolute Gasteiger partial charge is 0.335 e. The normalized spacial score (nSPS) is 10.6. The fourth-order valence-corrected chi connectivity index (χ4v) is 2.13.